The zero-order valence-electron chi connectivity index (χ0n) is 45.1. The third-order valence-corrected chi connectivity index (χ3v) is 11.3. The first-order valence-corrected chi connectivity index (χ1v) is 25.1. The van der Waals surface area contributed by atoms with E-state index < -0.39 is 23.9 Å². The van der Waals surface area contributed by atoms with Gasteiger partial charge in [0.1, 0.15) is 23.0 Å². The van der Waals surface area contributed by atoms with Crippen molar-refractivity contribution in [2.75, 3.05) is 0 Å². The van der Waals surface area contributed by atoms with Crippen LogP contribution in [0, 0.1) is 55.4 Å². The molecule has 386 valence electrons. The van der Waals surface area contributed by atoms with Gasteiger partial charge in [-0.2, -0.15) is 0 Å². The van der Waals surface area contributed by atoms with Gasteiger partial charge < -0.3 is 18.9 Å². The van der Waals surface area contributed by atoms with Crippen LogP contribution in [0.3, 0.4) is 0 Å². The summed E-state index contributed by atoms with van der Waals surface area (Å²) in [7, 11) is 0. The van der Waals surface area contributed by atoms with Crippen LogP contribution in [0.25, 0.3) is 11.1 Å². The summed E-state index contributed by atoms with van der Waals surface area (Å²) in [5, 5.41) is 0. The van der Waals surface area contributed by atoms with Gasteiger partial charge in [0.2, 0.25) is 0 Å². The second-order valence-electron chi connectivity index (χ2n) is 17.9. The summed E-state index contributed by atoms with van der Waals surface area (Å²) in [6.07, 6.45) is 0. The van der Waals surface area contributed by atoms with Gasteiger partial charge in [-0.25, -0.2) is 19.2 Å². The first kappa shape index (κ1) is 57.8. The molecule has 0 aliphatic rings. The van der Waals surface area contributed by atoms with Gasteiger partial charge in [-0.1, -0.05) is 180 Å². The van der Waals surface area contributed by atoms with Crippen LogP contribution in [0.15, 0.2) is 218 Å². The number of aryl methyl sites for hydroxylation is 8. The lowest BCUT2D eigenvalue weighted by atomic mass is 10.0. The maximum atomic E-state index is 12.1. The smallest absolute Gasteiger partial charge is 0.343 e. The van der Waals surface area contributed by atoms with E-state index in [0.29, 0.717) is 45.3 Å². The van der Waals surface area contributed by atoms with E-state index in [1.807, 2.05) is 90.1 Å². The molecular formula is C68H66O8. The lowest BCUT2D eigenvalue weighted by molar-refractivity contribution is 0.0719. The van der Waals surface area contributed by atoms with Crippen LogP contribution in [0.1, 0.15) is 99.8 Å². The van der Waals surface area contributed by atoms with Gasteiger partial charge in [0, 0.05) is 0 Å². The SMILES string of the molecule is CC.Cc1ccc(-c2ccc(C)cc2)cc1.Cc1ccc(C(=O)Oc2ccc(OC(=O)c3ccc(C)cc3)cc2)cc1.Cc1ccc(C(=O)Oc2ccc(OC(=O)c3ccc(C)cc3)cc2)cc1.Cc1ccc(C)cc1. The summed E-state index contributed by atoms with van der Waals surface area (Å²) in [5.41, 5.74) is 14.0. The highest BCUT2D eigenvalue weighted by molar-refractivity contribution is 5.93. The van der Waals surface area contributed by atoms with Gasteiger partial charge >= 0.3 is 23.9 Å². The average Bonchev–Trinajstić information content (AvgIpc) is 3.43. The number of ether oxygens (including phenoxy) is 4. The second kappa shape index (κ2) is 29.5. The summed E-state index contributed by atoms with van der Waals surface area (Å²) in [4.78, 5) is 48.4. The highest BCUT2D eigenvalue weighted by Crippen LogP contribution is 2.23. The molecule has 0 amide bonds. The van der Waals surface area contributed by atoms with Crippen molar-refractivity contribution in [1.29, 1.82) is 0 Å². The Morgan fingerprint density at radius 2 is 0.342 bits per heavy atom. The molecule has 0 N–H and O–H groups in total. The molecule has 0 spiro atoms. The number of hydrogen-bond acceptors (Lipinski definition) is 8. The Balaban J connectivity index is 0.000000199. The van der Waals surface area contributed by atoms with E-state index in [0.717, 1.165) is 22.3 Å². The molecule has 0 saturated carbocycles. The molecular weight excluding hydrogens is 945 g/mol. The topological polar surface area (TPSA) is 105 Å². The highest BCUT2D eigenvalue weighted by atomic mass is 16.5. The van der Waals surface area contributed by atoms with Crippen molar-refractivity contribution in [1.82, 2.24) is 0 Å². The average molecular weight is 1010 g/mol. The van der Waals surface area contributed by atoms with E-state index in [1.165, 1.54) is 33.4 Å². The Kier molecular flexibility index (Phi) is 22.4. The Bertz CT molecular complexity index is 2830. The van der Waals surface area contributed by atoms with Gasteiger partial charge in [0.25, 0.3) is 0 Å². The fourth-order valence-corrected chi connectivity index (χ4v) is 6.70. The standard InChI is InChI=1S/2C22H18O4.C14H14.C8H10.C2H6/c2*1-15-3-7-17(8-4-15)21(23)25-19-11-13-20(14-12-19)26-22(24)18-9-5-16(2)6-10-18;1-11-3-7-13(8-4-11)14-9-5-12(2)6-10-14;1-7-3-5-8(2)6-4-7;1-2/h2*3-14H,1-2H3;3-10H,1-2H3;3-6H,1-2H3;1-2H3. The Morgan fingerprint density at radius 1 is 0.211 bits per heavy atom. The van der Waals surface area contributed by atoms with Crippen molar-refractivity contribution in [3.05, 3.63) is 285 Å². The van der Waals surface area contributed by atoms with Crippen molar-refractivity contribution in [3.8, 4) is 34.1 Å². The molecule has 0 bridgehead atoms. The largest absolute Gasteiger partial charge is 0.423 e. The van der Waals surface area contributed by atoms with E-state index in [4.69, 9.17) is 18.9 Å². The molecule has 8 heteroatoms. The van der Waals surface area contributed by atoms with Crippen molar-refractivity contribution in [2.45, 2.75) is 69.2 Å². The fraction of sp³-hybridized carbons (Fsp3) is 0.147. The molecule has 9 aromatic rings. The number of rotatable bonds is 9. The number of hydrogen-bond donors (Lipinski definition) is 0. The Morgan fingerprint density at radius 3 is 0.500 bits per heavy atom. The van der Waals surface area contributed by atoms with Crippen LogP contribution >= 0.6 is 0 Å². The summed E-state index contributed by atoms with van der Waals surface area (Å²) < 4.78 is 21.3. The zero-order valence-corrected chi connectivity index (χ0v) is 45.1. The van der Waals surface area contributed by atoms with Crippen LogP contribution in [-0.2, 0) is 0 Å². The third kappa shape index (κ3) is 19.4. The minimum Gasteiger partial charge on any atom is -0.423 e. The quantitative estimate of drug-likeness (QED) is 0.104. The van der Waals surface area contributed by atoms with Crippen LogP contribution in [-0.4, -0.2) is 23.9 Å². The summed E-state index contributed by atoms with van der Waals surface area (Å²) in [6.45, 7) is 20.2. The first-order chi connectivity index (χ1) is 36.6. The number of carbonyl (C=O) groups excluding carboxylic acids is 4. The van der Waals surface area contributed by atoms with Gasteiger partial charge in [-0.15, -0.1) is 0 Å². The van der Waals surface area contributed by atoms with Crippen molar-refractivity contribution < 1.29 is 38.1 Å². The van der Waals surface area contributed by atoms with E-state index in [9.17, 15) is 19.2 Å². The number of carbonyl (C=O) groups is 4. The summed E-state index contributed by atoms with van der Waals surface area (Å²) in [6, 6.07) is 67.0. The van der Waals surface area contributed by atoms with Crippen molar-refractivity contribution in [2.24, 2.45) is 0 Å². The van der Waals surface area contributed by atoms with E-state index in [1.54, 1.807) is 97.1 Å². The molecule has 0 unspecified atom stereocenters. The highest BCUT2D eigenvalue weighted by Gasteiger charge is 2.13. The van der Waals surface area contributed by atoms with Crippen LogP contribution in [0.5, 0.6) is 23.0 Å². The summed E-state index contributed by atoms with van der Waals surface area (Å²) in [5.74, 6) is -0.222. The normalized spacial score (nSPS) is 9.92. The van der Waals surface area contributed by atoms with Gasteiger partial charge in [-0.05, 0) is 164 Å². The predicted molar refractivity (Wildman–Crippen MR) is 306 cm³/mol. The van der Waals surface area contributed by atoms with Crippen LogP contribution < -0.4 is 18.9 Å². The number of esters is 4. The second-order valence-corrected chi connectivity index (χ2v) is 17.9. The van der Waals surface area contributed by atoms with Gasteiger partial charge in [0.05, 0.1) is 22.3 Å². The molecule has 0 fully saturated rings. The molecule has 9 aromatic carbocycles. The van der Waals surface area contributed by atoms with Gasteiger partial charge in [-0.3, -0.25) is 0 Å². The summed E-state index contributed by atoms with van der Waals surface area (Å²) >= 11 is 0. The lowest BCUT2D eigenvalue weighted by Gasteiger charge is -2.07. The molecule has 0 heterocycles. The minimum absolute atomic E-state index is 0.380. The lowest BCUT2D eigenvalue weighted by Crippen LogP contribution is -2.09. The van der Waals surface area contributed by atoms with Crippen LogP contribution in [0.4, 0.5) is 0 Å². The maximum absolute atomic E-state index is 12.1. The van der Waals surface area contributed by atoms with Crippen molar-refractivity contribution >= 4 is 23.9 Å². The molecule has 0 atom stereocenters. The molecule has 0 radical (unpaired) electrons. The zero-order chi connectivity index (χ0) is 55.0. The van der Waals surface area contributed by atoms with Crippen LogP contribution in [0.2, 0.25) is 0 Å². The van der Waals surface area contributed by atoms with Crippen molar-refractivity contribution in [3.63, 3.8) is 0 Å². The van der Waals surface area contributed by atoms with E-state index in [2.05, 4.69) is 100 Å². The first-order valence-electron chi connectivity index (χ1n) is 25.1. The molecule has 76 heavy (non-hydrogen) atoms. The number of benzene rings is 9. The molecule has 0 saturated heterocycles. The monoisotopic (exact) mass is 1010 g/mol. The molecule has 8 nitrogen and oxygen atoms in total. The Labute approximate surface area is 448 Å². The third-order valence-electron chi connectivity index (χ3n) is 11.3. The molecule has 0 aliphatic heterocycles. The molecule has 0 aliphatic carbocycles. The molecule has 9 rings (SSSR count). The maximum Gasteiger partial charge on any atom is 0.343 e. The predicted octanol–water partition coefficient (Wildman–Crippen LogP) is 16.8. The Hall–Kier alpha value is -9.14. The van der Waals surface area contributed by atoms with E-state index in [-0.39, 0.29) is 0 Å². The van der Waals surface area contributed by atoms with Gasteiger partial charge in [0.15, 0.2) is 0 Å². The fourth-order valence-electron chi connectivity index (χ4n) is 6.70. The minimum atomic E-state index is -0.436. The van der Waals surface area contributed by atoms with E-state index >= 15 is 0 Å². The molecule has 0 aromatic heterocycles.